The van der Waals surface area contributed by atoms with Gasteiger partial charge in [0.15, 0.2) is 5.78 Å². The molecule has 1 aromatic carbocycles. The topological polar surface area (TPSA) is 37.3 Å². The quantitative estimate of drug-likeness (QED) is 0.766. The second-order valence-electron chi connectivity index (χ2n) is 3.81. The molecule has 2 nitrogen and oxygen atoms in total. The highest BCUT2D eigenvalue weighted by Crippen LogP contribution is 2.25. The Morgan fingerprint density at radius 3 is 2.36 bits per heavy atom. The second kappa shape index (κ2) is 3.71. The maximum atomic E-state index is 11.1. The summed E-state index contributed by atoms with van der Waals surface area (Å²) in [5, 5.41) is 10.1. The van der Waals surface area contributed by atoms with Crippen molar-refractivity contribution in [1.29, 1.82) is 0 Å². The van der Waals surface area contributed by atoms with E-state index in [-0.39, 0.29) is 5.78 Å². The van der Waals surface area contributed by atoms with Gasteiger partial charge in [0.25, 0.3) is 0 Å². The van der Waals surface area contributed by atoms with Crippen molar-refractivity contribution in [2.45, 2.75) is 26.4 Å². The summed E-state index contributed by atoms with van der Waals surface area (Å²) in [7, 11) is 0. The maximum Gasteiger partial charge on any atom is 0.161 e. The van der Waals surface area contributed by atoms with Gasteiger partial charge in [-0.2, -0.15) is 0 Å². The van der Waals surface area contributed by atoms with Crippen LogP contribution in [-0.2, 0) is 5.60 Å². The van der Waals surface area contributed by atoms with Gasteiger partial charge >= 0.3 is 0 Å². The minimum Gasteiger partial charge on any atom is -0.386 e. The van der Waals surface area contributed by atoms with Crippen LogP contribution in [0.5, 0.6) is 0 Å². The predicted octanol–water partition coefficient (Wildman–Crippen LogP) is 2.77. The normalized spacial score (nSPS) is 11.5. The van der Waals surface area contributed by atoms with E-state index in [1.165, 1.54) is 6.92 Å². The number of ketones is 1. The van der Waals surface area contributed by atoms with Crippen LogP contribution in [0.4, 0.5) is 0 Å². The van der Waals surface area contributed by atoms with E-state index in [0.717, 1.165) is 0 Å². The minimum atomic E-state index is -0.932. The molecule has 0 radical (unpaired) electrons. The van der Waals surface area contributed by atoms with Gasteiger partial charge in [0.2, 0.25) is 0 Å². The molecule has 0 bridgehead atoms. The predicted molar refractivity (Wildman–Crippen MR) is 56.7 cm³/mol. The first-order valence-electron chi connectivity index (χ1n) is 4.35. The first-order valence-corrected chi connectivity index (χ1v) is 4.73. The molecule has 14 heavy (non-hydrogen) atoms. The van der Waals surface area contributed by atoms with E-state index in [9.17, 15) is 9.90 Å². The largest absolute Gasteiger partial charge is 0.386 e. The molecular formula is C11H13ClO2. The molecule has 3 heteroatoms. The number of aliphatic hydroxyl groups is 1. The number of hydrogen-bond acceptors (Lipinski definition) is 2. The molecule has 1 N–H and O–H groups in total. The van der Waals surface area contributed by atoms with E-state index in [1.807, 2.05) is 0 Å². The number of benzene rings is 1. The van der Waals surface area contributed by atoms with Gasteiger partial charge in [0.05, 0.1) is 10.6 Å². The van der Waals surface area contributed by atoms with E-state index in [2.05, 4.69) is 0 Å². The van der Waals surface area contributed by atoms with Gasteiger partial charge in [-0.25, -0.2) is 0 Å². The number of carbonyl (C=O) groups excluding carboxylic acids is 1. The number of rotatable bonds is 2. The van der Waals surface area contributed by atoms with Crippen molar-refractivity contribution >= 4 is 17.4 Å². The van der Waals surface area contributed by atoms with Crippen molar-refractivity contribution < 1.29 is 9.90 Å². The van der Waals surface area contributed by atoms with E-state index in [4.69, 9.17) is 11.6 Å². The second-order valence-corrected chi connectivity index (χ2v) is 4.22. The monoisotopic (exact) mass is 212 g/mol. The summed E-state index contributed by atoms with van der Waals surface area (Å²) in [6.45, 7) is 4.81. The van der Waals surface area contributed by atoms with E-state index in [0.29, 0.717) is 16.1 Å². The molecule has 0 amide bonds. The van der Waals surface area contributed by atoms with Gasteiger partial charge in [-0.1, -0.05) is 17.7 Å². The fourth-order valence-electron chi connectivity index (χ4n) is 1.18. The van der Waals surface area contributed by atoms with E-state index < -0.39 is 5.60 Å². The lowest BCUT2D eigenvalue weighted by atomic mass is 9.96. The molecule has 0 aliphatic rings. The third-order valence-electron chi connectivity index (χ3n) is 2.05. The molecule has 0 unspecified atom stereocenters. The Morgan fingerprint density at radius 2 is 2.00 bits per heavy atom. The highest BCUT2D eigenvalue weighted by molar-refractivity contribution is 6.33. The summed E-state index contributed by atoms with van der Waals surface area (Å²) in [6, 6.07) is 4.97. The lowest BCUT2D eigenvalue weighted by Crippen LogP contribution is -2.15. The van der Waals surface area contributed by atoms with Crippen LogP contribution in [0.15, 0.2) is 18.2 Å². The van der Waals surface area contributed by atoms with Crippen molar-refractivity contribution in [2.75, 3.05) is 0 Å². The lowest BCUT2D eigenvalue weighted by molar-refractivity contribution is 0.0785. The van der Waals surface area contributed by atoms with Crippen LogP contribution < -0.4 is 0 Å². The summed E-state index contributed by atoms with van der Waals surface area (Å²) in [6.07, 6.45) is 0. The Kier molecular flexibility index (Phi) is 2.98. The highest BCUT2D eigenvalue weighted by atomic mass is 35.5. The zero-order valence-corrected chi connectivity index (χ0v) is 9.22. The Bertz CT molecular complexity index is 364. The summed E-state index contributed by atoms with van der Waals surface area (Å²) in [5.41, 5.74) is 0.256. The molecule has 0 aliphatic heterocycles. The van der Waals surface area contributed by atoms with Gasteiger partial charge in [-0.15, -0.1) is 0 Å². The third-order valence-corrected chi connectivity index (χ3v) is 2.37. The SMILES string of the molecule is CC(=O)c1ccc(C(C)(C)O)cc1Cl. The summed E-state index contributed by atoms with van der Waals surface area (Å²) < 4.78 is 0. The van der Waals surface area contributed by atoms with Crippen LogP contribution in [0.1, 0.15) is 36.7 Å². The number of halogens is 1. The first kappa shape index (κ1) is 11.2. The number of hydrogen-bond donors (Lipinski definition) is 1. The van der Waals surface area contributed by atoms with Crippen LogP contribution in [-0.4, -0.2) is 10.9 Å². The van der Waals surface area contributed by atoms with Gasteiger partial charge in [0.1, 0.15) is 0 Å². The zero-order valence-electron chi connectivity index (χ0n) is 8.47. The highest BCUT2D eigenvalue weighted by Gasteiger charge is 2.17. The molecule has 1 rings (SSSR count). The smallest absolute Gasteiger partial charge is 0.161 e. The molecule has 0 heterocycles. The summed E-state index contributed by atoms with van der Waals surface area (Å²) in [4.78, 5) is 11.1. The van der Waals surface area contributed by atoms with Gasteiger partial charge in [-0.3, -0.25) is 4.79 Å². The maximum absolute atomic E-state index is 11.1. The Hall–Kier alpha value is -0.860. The van der Waals surface area contributed by atoms with E-state index in [1.54, 1.807) is 32.0 Å². The van der Waals surface area contributed by atoms with Crippen LogP contribution in [0.2, 0.25) is 5.02 Å². The number of Topliss-reactive ketones (excluding diaryl/α,β-unsaturated/α-hetero) is 1. The Morgan fingerprint density at radius 1 is 1.43 bits per heavy atom. The summed E-state index contributed by atoms with van der Waals surface area (Å²) in [5.74, 6) is -0.0719. The standard InChI is InChI=1S/C11H13ClO2/c1-7(13)9-5-4-8(6-10(9)12)11(2,3)14/h4-6,14H,1-3H3. The van der Waals surface area contributed by atoms with Crippen molar-refractivity contribution in [1.82, 2.24) is 0 Å². The first-order chi connectivity index (χ1) is 6.32. The molecule has 0 atom stereocenters. The number of carbonyl (C=O) groups is 1. The molecule has 0 saturated carbocycles. The van der Waals surface area contributed by atoms with Gasteiger partial charge in [0, 0.05) is 5.56 Å². The average Bonchev–Trinajstić information content (AvgIpc) is 2.01. The average molecular weight is 213 g/mol. The third kappa shape index (κ3) is 2.34. The molecule has 76 valence electrons. The van der Waals surface area contributed by atoms with E-state index >= 15 is 0 Å². The van der Waals surface area contributed by atoms with Crippen LogP contribution in [0.25, 0.3) is 0 Å². The van der Waals surface area contributed by atoms with Gasteiger partial charge < -0.3 is 5.11 Å². The van der Waals surface area contributed by atoms with Crippen molar-refractivity contribution in [2.24, 2.45) is 0 Å². The molecule has 0 spiro atoms. The molecule has 0 fully saturated rings. The fraction of sp³-hybridized carbons (Fsp3) is 0.364. The van der Waals surface area contributed by atoms with Crippen LogP contribution in [0.3, 0.4) is 0 Å². The van der Waals surface area contributed by atoms with Crippen LogP contribution in [0, 0.1) is 0 Å². The lowest BCUT2D eigenvalue weighted by Gasteiger charge is -2.18. The van der Waals surface area contributed by atoms with Crippen molar-refractivity contribution in [3.05, 3.63) is 34.3 Å². The Labute approximate surface area is 88.5 Å². The van der Waals surface area contributed by atoms with Gasteiger partial charge in [-0.05, 0) is 38.5 Å². The molecule has 0 aromatic heterocycles. The Balaban J connectivity index is 3.20. The molecular weight excluding hydrogens is 200 g/mol. The minimum absolute atomic E-state index is 0.0719. The van der Waals surface area contributed by atoms with Crippen molar-refractivity contribution in [3.8, 4) is 0 Å². The zero-order chi connectivity index (χ0) is 10.9. The molecule has 1 aromatic rings. The van der Waals surface area contributed by atoms with Crippen LogP contribution >= 0.6 is 11.6 Å². The fourth-order valence-corrected chi connectivity index (χ4v) is 1.49. The van der Waals surface area contributed by atoms with Crippen molar-refractivity contribution in [3.63, 3.8) is 0 Å². The summed E-state index contributed by atoms with van der Waals surface area (Å²) >= 11 is 5.90. The molecule has 0 aliphatic carbocycles. The molecule has 0 saturated heterocycles.